The first-order valence-corrected chi connectivity index (χ1v) is 10.4. The fraction of sp³-hybridized carbons (Fsp3) is 0.136. The predicted molar refractivity (Wildman–Crippen MR) is 111 cm³/mol. The summed E-state index contributed by atoms with van der Waals surface area (Å²) in [5, 5.41) is 2.90. The first kappa shape index (κ1) is 19.6. The molecule has 0 spiro atoms. The molecule has 0 aromatic heterocycles. The summed E-state index contributed by atoms with van der Waals surface area (Å²) in [6.45, 7) is 3.71. The van der Waals surface area contributed by atoms with E-state index in [9.17, 15) is 13.2 Å². The Morgan fingerprint density at radius 1 is 0.893 bits per heavy atom. The SMILES string of the molecule is Cc1ccccc1NS(=O)(=O)c1cccc(C(=O)N[C@@H](C)c2ccccc2)c1. The Kier molecular flexibility index (Phi) is 5.80. The summed E-state index contributed by atoms with van der Waals surface area (Å²) in [4.78, 5) is 12.6. The number of rotatable bonds is 6. The van der Waals surface area contributed by atoms with E-state index in [1.807, 2.05) is 56.3 Å². The number of para-hydroxylation sites is 1. The van der Waals surface area contributed by atoms with Crippen LogP contribution in [0.25, 0.3) is 0 Å². The van der Waals surface area contributed by atoms with Gasteiger partial charge in [-0.05, 0) is 49.2 Å². The van der Waals surface area contributed by atoms with Crippen LogP contribution in [0.5, 0.6) is 0 Å². The van der Waals surface area contributed by atoms with Crippen LogP contribution >= 0.6 is 0 Å². The minimum absolute atomic E-state index is 0.0377. The summed E-state index contributed by atoms with van der Waals surface area (Å²) in [5.74, 6) is -0.329. The van der Waals surface area contributed by atoms with Gasteiger partial charge in [0.05, 0.1) is 16.6 Å². The zero-order valence-corrected chi connectivity index (χ0v) is 16.5. The van der Waals surface area contributed by atoms with Gasteiger partial charge in [-0.25, -0.2) is 8.42 Å². The number of amides is 1. The Labute approximate surface area is 165 Å². The lowest BCUT2D eigenvalue weighted by Crippen LogP contribution is -2.27. The van der Waals surface area contributed by atoms with Crippen molar-refractivity contribution in [3.05, 3.63) is 95.6 Å². The summed E-state index contributed by atoms with van der Waals surface area (Å²) in [5.41, 5.74) is 2.59. The van der Waals surface area contributed by atoms with Gasteiger partial charge in [0.15, 0.2) is 0 Å². The van der Waals surface area contributed by atoms with Gasteiger partial charge in [-0.2, -0.15) is 0 Å². The molecule has 0 saturated heterocycles. The molecule has 2 N–H and O–H groups in total. The molecule has 0 fully saturated rings. The molecule has 3 aromatic rings. The number of carbonyl (C=O) groups is 1. The fourth-order valence-corrected chi connectivity index (χ4v) is 3.98. The van der Waals surface area contributed by atoms with Crippen LogP contribution in [0.1, 0.15) is 34.5 Å². The molecule has 0 radical (unpaired) electrons. The monoisotopic (exact) mass is 394 g/mol. The number of aryl methyl sites for hydroxylation is 1. The van der Waals surface area contributed by atoms with Crippen LogP contribution in [-0.4, -0.2) is 14.3 Å². The highest BCUT2D eigenvalue weighted by Crippen LogP contribution is 2.20. The summed E-state index contributed by atoms with van der Waals surface area (Å²) in [7, 11) is -3.80. The molecule has 6 heteroatoms. The Bertz CT molecular complexity index is 1080. The molecule has 0 heterocycles. The first-order chi connectivity index (χ1) is 13.4. The standard InChI is InChI=1S/C22H22N2O3S/c1-16-9-6-7-14-21(16)24-28(26,27)20-13-8-12-19(15-20)22(25)23-17(2)18-10-4-3-5-11-18/h3-15,17,24H,1-2H3,(H,23,25)/t17-/m0/s1. The minimum atomic E-state index is -3.80. The van der Waals surface area contributed by atoms with E-state index in [-0.39, 0.29) is 22.4 Å². The number of nitrogens with one attached hydrogen (secondary N) is 2. The maximum atomic E-state index is 12.7. The molecular weight excluding hydrogens is 372 g/mol. The number of sulfonamides is 1. The van der Waals surface area contributed by atoms with E-state index in [1.165, 1.54) is 12.1 Å². The molecule has 28 heavy (non-hydrogen) atoms. The average molecular weight is 394 g/mol. The van der Waals surface area contributed by atoms with Gasteiger partial charge in [0.2, 0.25) is 0 Å². The van der Waals surface area contributed by atoms with Gasteiger partial charge in [0.25, 0.3) is 15.9 Å². The van der Waals surface area contributed by atoms with E-state index in [0.717, 1.165) is 11.1 Å². The smallest absolute Gasteiger partial charge is 0.261 e. The van der Waals surface area contributed by atoms with Crippen molar-refractivity contribution in [3.63, 3.8) is 0 Å². The van der Waals surface area contributed by atoms with Crippen molar-refractivity contribution in [3.8, 4) is 0 Å². The number of anilines is 1. The fourth-order valence-electron chi connectivity index (χ4n) is 2.80. The maximum Gasteiger partial charge on any atom is 0.261 e. The van der Waals surface area contributed by atoms with E-state index in [1.54, 1.807) is 24.3 Å². The van der Waals surface area contributed by atoms with Crippen LogP contribution in [0, 0.1) is 6.92 Å². The highest BCUT2D eigenvalue weighted by Gasteiger charge is 2.18. The lowest BCUT2D eigenvalue weighted by atomic mass is 10.1. The Morgan fingerprint density at radius 2 is 1.57 bits per heavy atom. The normalized spacial score (nSPS) is 12.2. The lowest BCUT2D eigenvalue weighted by Gasteiger charge is -2.15. The zero-order chi connectivity index (χ0) is 20.1. The third-order valence-corrected chi connectivity index (χ3v) is 5.81. The Balaban J connectivity index is 1.79. The molecule has 3 aromatic carbocycles. The highest BCUT2D eigenvalue weighted by atomic mass is 32.2. The molecule has 0 aliphatic rings. The van der Waals surface area contributed by atoms with Gasteiger partial charge in [0, 0.05) is 5.56 Å². The van der Waals surface area contributed by atoms with Gasteiger partial charge in [0.1, 0.15) is 0 Å². The summed E-state index contributed by atoms with van der Waals surface area (Å²) in [6.07, 6.45) is 0. The first-order valence-electron chi connectivity index (χ1n) is 8.91. The van der Waals surface area contributed by atoms with Gasteiger partial charge in [-0.3, -0.25) is 9.52 Å². The molecule has 0 unspecified atom stereocenters. The van der Waals surface area contributed by atoms with Crippen LogP contribution in [-0.2, 0) is 10.0 Å². The largest absolute Gasteiger partial charge is 0.346 e. The van der Waals surface area contributed by atoms with Crippen LogP contribution in [0.4, 0.5) is 5.69 Å². The summed E-state index contributed by atoms with van der Waals surface area (Å²) >= 11 is 0. The molecule has 0 saturated carbocycles. The zero-order valence-electron chi connectivity index (χ0n) is 15.7. The van der Waals surface area contributed by atoms with Gasteiger partial charge < -0.3 is 5.32 Å². The summed E-state index contributed by atoms with van der Waals surface area (Å²) in [6, 6.07) is 22.5. The number of benzene rings is 3. The molecule has 0 bridgehead atoms. The maximum absolute atomic E-state index is 12.7. The van der Waals surface area contributed by atoms with Gasteiger partial charge >= 0.3 is 0 Å². The topological polar surface area (TPSA) is 75.3 Å². The Morgan fingerprint density at radius 3 is 2.29 bits per heavy atom. The molecular formula is C22H22N2O3S. The minimum Gasteiger partial charge on any atom is -0.346 e. The van der Waals surface area contributed by atoms with Gasteiger partial charge in [-0.15, -0.1) is 0 Å². The summed E-state index contributed by atoms with van der Waals surface area (Å²) < 4.78 is 28.0. The van der Waals surface area contributed by atoms with E-state index < -0.39 is 10.0 Å². The van der Waals surface area contributed by atoms with Gasteiger partial charge in [-0.1, -0.05) is 54.6 Å². The van der Waals surface area contributed by atoms with Crippen molar-refractivity contribution < 1.29 is 13.2 Å². The number of carbonyl (C=O) groups excluding carboxylic acids is 1. The van der Waals surface area contributed by atoms with Crippen LogP contribution in [0.3, 0.4) is 0 Å². The molecule has 144 valence electrons. The van der Waals surface area contributed by atoms with Crippen LogP contribution in [0.2, 0.25) is 0 Å². The van der Waals surface area contributed by atoms with Crippen molar-refractivity contribution >= 4 is 21.6 Å². The van der Waals surface area contributed by atoms with E-state index >= 15 is 0 Å². The second-order valence-electron chi connectivity index (χ2n) is 6.55. The van der Waals surface area contributed by atoms with Crippen molar-refractivity contribution in [2.75, 3.05) is 4.72 Å². The van der Waals surface area contributed by atoms with E-state index in [4.69, 9.17) is 0 Å². The third kappa shape index (κ3) is 4.58. The average Bonchev–Trinajstić information content (AvgIpc) is 2.70. The molecule has 0 aliphatic heterocycles. The van der Waals surface area contributed by atoms with E-state index in [2.05, 4.69) is 10.0 Å². The molecule has 0 aliphatic carbocycles. The molecule has 1 atom stereocenters. The number of hydrogen-bond acceptors (Lipinski definition) is 3. The van der Waals surface area contributed by atoms with Crippen molar-refractivity contribution in [1.29, 1.82) is 0 Å². The van der Waals surface area contributed by atoms with E-state index in [0.29, 0.717) is 5.69 Å². The van der Waals surface area contributed by atoms with Crippen molar-refractivity contribution in [2.45, 2.75) is 24.8 Å². The Hall–Kier alpha value is -3.12. The second kappa shape index (κ2) is 8.27. The lowest BCUT2D eigenvalue weighted by molar-refractivity contribution is 0.0939. The molecule has 1 amide bonds. The van der Waals surface area contributed by atoms with Crippen LogP contribution < -0.4 is 10.0 Å². The second-order valence-corrected chi connectivity index (χ2v) is 8.24. The third-order valence-electron chi connectivity index (χ3n) is 4.44. The molecule has 5 nitrogen and oxygen atoms in total. The van der Waals surface area contributed by atoms with Crippen molar-refractivity contribution in [2.24, 2.45) is 0 Å². The van der Waals surface area contributed by atoms with Crippen LogP contribution in [0.15, 0.2) is 83.8 Å². The number of hydrogen-bond donors (Lipinski definition) is 2. The predicted octanol–water partition coefficient (Wildman–Crippen LogP) is 4.29. The van der Waals surface area contributed by atoms with Crippen molar-refractivity contribution in [1.82, 2.24) is 5.32 Å². The molecule has 3 rings (SSSR count). The highest BCUT2D eigenvalue weighted by molar-refractivity contribution is 7.92. The quantitative estimate of drug-likeness (QED) is 0.655.